The molecule has 2 aromatic carbocycles. The van der Waals surface area contributed by atoms with Crippen molar-refractivity contribution < 1.29 is 4.79 Å². The molecule has 4 heteroatoms. The van der Waals surface area contributed by atoms with Gasteiger partial charge in [0.1, 0.15) is 0 Å². The van der Waals surface area contributed by atoms with Gasteiger partial charge in [-0.15, -0.1) is 0 Å². The lowest BCUT2D eigenvalue weighted by molar-refractivity contribution is 0.0747. The average molecular weight is 281 g/mol. The summed E-state index contributed by atoms with van der Waals surface area (Å²) >= 11 is 0. The number of hydrogen-bond donors (Lipinski definition) is 1. The molecule has 0 unspecified atom stereocenters. The maximum absolute atomic E-state index is 12.4. The maximum atomic E-state index is 12.4. The van der Waals surface area contributed by atoms with Crippen molar-refractivity contribution in [3.05, 3.63) is 60.2 Å². The molecular weight excluding hydrogens is 262 g/mol. The molecule has 4 nitrogen and oxygen atoms in total. The second-order valence-corrected chi connectivity index (χ2v) is 5.24. The summed E-state index contributed by atoms with van der Waals surface area (Å²) in [7, 11) is 0. The standard InChI is InChI=1S/C17H19N3O/c18-15-6-4-5-14(13-15)17(21)20-11-9-19(10-12-20)16-7-2-1-3-8-16/h1-8,13H,9-12,18H2. The molecule has 1 amide bonds. The van der Waals surface area contributed by atoms with Crippen LogP contribution in [0.2, 0.25) is 0 Å². The van der Waals surface area contributed by atoms with Gasteiger partial charge in [0.25, 0.3) is 5.91 Å². The van der Waals surface area contributed by atoms with Crippen LogP contribution in [-0.4, -0.2) is 37.0 Å². The number of nitrogens with two attached hydrogens (primary N) is 1. The highest BCUT2D eigenvalue weighted by Gasteiger charge is 2.22. The van der Waals surface area contributed by atoms with Crippen LogP contribution in [0.4, 0.5) is 11.4 Å². The number of carbonyl (C=O) groups excluding carboxylic acids is 1. The highest BCUT2D eigenvalue weighted by Crippen LogP contribution is 2.17. The molecule has 2 N–H and O–H groups in total. The van der Waals surface area contributed by atoms with Crippen molar-refractivity contribution in [1.29, 1.82) is 0 Å². The topological polar surface area (TPSA) is 49.6 Å². The number of benzene rings is 2. The smallest absolute Gasteiger partial charge is 0.254 e. The molecule has 3 rings (SSSR count). The van der Waals surface area contributed by atoms with E-state index in [1.165, 1.54) is 5.69 Å². The third-order valence-corrected chi connectivity index (χ3v) is 3.82. The molecule has 1 saturated heterocycles. The van der Waals surface area contributed by atoms with Crippen molar-refractivity contribution in [2.45, 2.75) is 0 Å². The number of hydrogen-bond acceptors (Lipinski definition) is 3. The van der Waals surface area contributed by atoms with Crippen LogP contribution in [0.15, 0.2) is 54.6 Å². The van der Waals surface area contributed by atoms with Crippen molar-refractivity contribution in [2.24, 2.45) is 0 Å². The Labute approximate surface area is 124 Å². The third-order valence-electron chi connectivity index (χ3n) is 3.82. The quantitative estimate of drug-likeness (QED) is 0.859. The average Bonchev–Trinajstić information content (AvgIpc) is 2.55. The minimum absolute atomic E-state index is 0.0648. The van der Waals surface area contributed by atoms with Gasteiger partial charge in [-0.3, -0.25) is 4.79 Å². The number of rotatable bonds is 2. The van der Waals surface area contributed by atoms with E-state index in [2.05, 4.69) is 17.0 Å². The first kappa shape index (κ1) is 13.5. The fourth-order valence-corrected chi connectivity index (χ4v) is 2.66. The molecule has 0 atom stereocenters. The van der Waals surface area contributed by atoms with Crippen molar-refractivity contribution >= 4 is 17.3 Å². The van der Waals surface area contributed by atoms with Gasteiger partial charge in [0, 0.05) is 43.1 Å². The van der Waals surface area contributed by atoms with Crippen molar-refractivity contribution in [1.82, 2.24) is 4.90 Å². The zero-order valence-electron chi connectivity index (χ0n) is 11.9. The lowest BCUT2D eigenvalue weighted by Crippen LogP contribution is -2.48. The van der Waals surface area contributed by atoms with Gasteiger partial charge in [-0.25, -0.2) is 0 Å². The number of nitrogen functional groups attached to an aromatic ring is 1. The Balaban J connectivity index is 1.64. The first-order valence-electron chi connectivity index (χ1n) is 7.19. The van der Waals surface area contributed by atoms with Crippen molar-refractivity contribution in [3.63, 3.8) is 0 Å². The van der Waals surface area contributed by atoms with Crippen LogP contribution in [0.25, 0.3) is 0 Å². The minimum atomic E-state index is 0.0648. The molecule has 1 aliphatic rings. The molecule has 108 valence electrons. The fraction of sp³-hybridized carbons (Fsp3) is 0.235. The summed E-state index contributed by atoms with van der Waals surface area (Å²) in [5.41, 5.74) is 8.26. The van der Waals surface area contributed by atoms with E-state index in [4.69, 9.17) is 5.73 Å². The predicted octanol–water partition coefficient (Wildman–Crippen LogP) is 2.23. The molecule has 0 saturated carbocycles. The molecule has 1 fully saturated rings. The highest BCUT2D eigenvalue weighted by molar-refractivity contribution is 5.95. The van der Waals surface area contributed by atoms with Crippen LogP contribution in [-0.2, 0) is 0 Å². The Morgan fingerprint density at radius 1 is 0.905 bits per heavy atom. The second-order valence-electron chi connectivity index (χ2n) is 5.24. The number of para-hydroxylation sites is 1. The fourth-order valence-electron chi connectivity index (χ4n) is 2.66. The van der Waals surface area contributed by atoms with Crippen LogP contribution in [0, 0.1) is 0 Å². The van der Waals surface area contributed by atoms with E-state index in [1.54, 1.807) is 12.1 Å². The molecule has 0 spiro atoms. The van der Waals surface area contributed by atoms with E-state index in [0.29, 0.717) is 11.3 Å². The Hall–Kier alpha value is -2.49. The molecule has 0 bridgehead atoms. The van der Waals surface area contributed by atoms with Crippen LogP contribution in [0.1, 0.15) is 10.4 Å². The number of nitrogens with zero attached hydrogens (tertiary/aromatic N) is 2. The third kappa shape index (κ3) is 2.99. The molecule has 0 aliphatic carbocycles. The van der Waals surface area contributed by atoms with Gasteiger partial charge in [0.15, 0.2) is 0 Å². The first-order valence-corrected chi connectivity index (χ1v) is 7.19. The summed E-state index contributed by atoms with van der Waals surface area (Å²) in [6.07, 6.45) is 0. The lowest BCUT2D eigenvalue weighted by Gasteiger charge is -2.36. The van der Waals surface area contributed by atoms with E-state index in [0.717, 1.165) is 26.2 Å². The van der Waals surface area contributed by atoms with E-state index in [-0.39, 0.29) is 5.91 Å². The molecule has 2 aromatic rings. The normalized spacial score (nSPS) is 15.0. The van der Waals surface area contributed by atoms with Crippen LogP contribution >= 0.6 is 0 Å². The predicted molar refractivity (Wildman–Crippen MR) is 85.4 cm³/mol. The van der Waals surface area contributed by atoms with E-state index in [9.17, 15) is 4.79 Å². The summed E-state index contributed by atoms with van der Waals surface area (Å²) in [5.74, 6) is 0.0648. The van der Waals surface area contributed by atoms with Gasteiger partial charge < -0.3 is 15.5 Å². The summed E-state index contributed by atoms with van der Waals surface area (Å²) in [6.45, 7) is 3.20. The van der Waals surface area contributed by atoms with Gasteiger partial charge in [-0.2, -0.15) is 0 Å². The molecule has 0 radical (unpaired) electrons. The van der Waals surface area contributed by atoms with E-state index in [1.807, 2.05) is 35.2 Å². The van der Waals surface area contributed by atoms with Crippen LogP contribution < -0.4 is 10.6 Å². The zero-order valence-corrected chi connectivity index (χ0v) is 11.9. The van der Waals surface area contributed by atoms with E-state index < -0.39 is 0 Å². The Bertz CT molecular complexity index is 619. The Morgan fingerprint density at radius 2 is 1.62 bits per heavy atom. The van der Waals surface area contributed by atoms with Gasteiger partial charge in [-0.1, -0.05) is 24.3 Å². The number of amides is 1. The molecule has 21 heavy (non-hydrogen) atoms. The molecule has 0 aromatic heterocycles. The van der Waals surface area contributed by atoms with Crippen LogP contribution in [0.3, 0.4) is 0 Å². The van der Waals surface area contributed by atoms with Gasteiger partial charge in [-0.05, 0) is 30.3 Å². The van der Waals surface area contributed by atoms with E-state index >= 15 is 0 Å². The second kappa shape index (κ2) is 5.87. The maximum Gasteiger partial charge on any atom is 0.254 e. The van der Waals surface area contributed by atoms with Crippen LogP contribution in [0.5, 0.6) is 0 Å². The largest absolute Gasteiger partial charge is 0.399 e. The zero-order chi connectivity index (χ0) is 14.7. The molecular formula is C17H19N3O. The van der Waals surface area contributed by atoms with Crippen molar-refractivity contribution in [2.75, 3.05) is 36.8 Å². The molecule has 1 aliphatic heterocycles. The Morgan fingerprint density at radius 3 is 2.29 bits per heavy atom. The first-order chi connectivity index (χ1) is 10.2. The van der Waals surface area contributed by atoms with Gasteiger partial charge in [0.2, 0.25) is 0 Å². The Kier molecular flexibility index (Phi) is 3.77. The number of piperazine rings is 1. The lowest BCUT2D eigenvalue weighted by atomic mass is 10.1. The molecule has 1 heterocycles. The summed E-state index contributed by atoms with van der Waals surface area (Å²) < 4.78 is 0. The highest BCUT2D eigenvalue weighted by atomic mass is 16.2. The number of carbonyl (C=O) groups is 1. The summed E-state index contributed by atoms with van der Waals surface area (Å²) in [6, 6.07) is 17.5. The monoisotopic (exact) mass is 281 g/mol. The van der Waals surface area contributed by atoms with Gasteiger partial charge in [0.05, 0.1) is 0 Å². The minimum Gasteiger partial charge on any atom is -0.399 e. The summed E-state index contributed by atoms with van der Waals surface area (Å²) in [5, 5.41) is 0. The number of anilines is 2. The summed E-state index contributed by atoms with van der Waals surface area (Å²) in [4.78, 5) is 16.7. The van der Waals surface area contributed by atoms with Crippen molar-refractivity contribution in [3.8, 4) is 0 Å². The van der Waals surface area contributed by atoms with Gasteiger partial charge >= 0.3 is 0 Å². The SMILES string of the molecule is Nc1cccc(C(=O)N2CCN(c3ccccc3)CC2)c1.